The van der Waals surface area contributed by atoms with Crippen molar-refractivity contribution in [3.63, 3.8) is 0 Å². The predicted octanol–water partition coefficient (Wildman–Crippen LogP) is 2.37. The van der Waals surface area contributed by atoms with Gasteiger partial charge in [-0.15, -0.1) is 0 Å². The number of aromatic hydroxyl groups is 1. The summed E-state index contributed by atoms with van der Waals surface area (Å²) in [5.74, 6) is -0.936. The summed E-state index contributed by atoms with van der Waals surface area (Å²) in [7, 11) is 0. The van der Waals surface area contributed by atoms with Crippen LogP contribution >= 0.6 is 11.6 Å². The normalized spacial score (nSPS) is 10.1. The first-order chi connectivity index (χ1) is 6.61. The molecule has 0 aliphatic rings. The standard InChI is InChI=1S/C10H11ClFNO/c1-7(11)5-13-6-8-3-2-4-9(12)10(8)14/h2-4,13-14H,1,5-6H2. The van der Waals surface area contributed by atoms with E-state index in [4.69, 9.17) is 11.6 Å². The Balaban J connectivity index is 2.59. The summed E-state index contributed by atoms with van der Waals surface area (Å²) < 4.78 is 12.8. The third-order valence-corrected chi connectivity index (χ3v) is 1.84. The summed E-state index contributed by atoms with van der Waals surface area (Å²) in [4.78, 5) is 0. The van der Waals surface area contributed by atoms with Gasteiger partial charge in [-0.05, 0) is 6.07 Å². The van der Waals surface area contributed by atoms with Crippen LogP contribution in [0.3, 0.4) is 0 Å². The molecule has 0 heterocycles. The van der Waals surface area contributed by atoms with Gasteiger partial charge in [-0.3, -0.25) is 0 Å². The highest BCUT2D eigenvalue weighted by Crippen LogP contribution is 2.20. The minimum Gasteiger partial charge on any atom is -0.505 e. The molecule has 14 heavy (non-hydrogen) atoms. The number of phenols is 1. The first kappa shape index (κ1) is 11.0. The number of nitrogens with one attached hydrogen (secondary N) is 1. The van der Waals surface area contributed by atoms with Crippen molar-refractivity contribution in [1.29, 1.82) is 0 Å². The average molecular weight is 216 g/mol. The molecule has 0 saturated heterocycles. The fraction of sp³-hybridized carbons (Fsp3) is 0.200. The van der Waals surface area contributed by atoms with E-state index in [1.165, 1.54) is 6.07 Å². The summed E-state index contributed by atoms with van der Waals surface area (Å²) >= 11 is 5.52. The van der Waals surface area contributed by atoms with Gasteiger partial charge in [-0.1, -0.05) is 30.3 Å². The summed E-state index contributed by atoms with van der Waals surface area (Å²) in [5, 5.41) is 12.7. The number of hydrogen-bond donors (Lipinski definition) is 2. The maximum absolute atomic E-state index is 12.8. The van der Waals surface area contributed by atoms with Gasteiger partial charge in [-0.25, -0.2) is 4.39 Å². The Bertz CT molecular complexity index is 341. The van der Waals surface area contributed by atoms with Gasteiger partial charge in [0.1, 0.15) is 0 Å². The second kappa shape index (κ2) is 4.98. The molecule has 0 saturated carbocycles. The summed E-state index contributed by atoms with van der Waals surface area (Å²) in [6.45, 7) is 4.28. The van der Waals surface area contributed by atoms with Crippen molar-refractivity contribution in [3.05, 3.63) is 41.2 Å². The van der Waals surface area contributed by atoms with Crippen molar-refractivity contribution in [2.24, 2.45) is 0 Å². The maximum Gasteiger partial charge on any atom is 0.165 e. The number of rotatable bonds is 4. The molecule has 0 unspecified atom stereocenters. The lowest BCUT2D eigenvalue weighted by molar-refractivity contribution is 0.424. The highest BCUT2D eigenvalue weighted by atomic mass is 35.5. The van der Waals surface area contributed by atoms with Crippen LogP contribution in [0.15, 0.2) is 29.8 Å². The molecule has 0 bridgehead atoms. The molecule has 2 nitrogen and oxygen atoms in total. The lowest BCUT2D eigenvalue weighted by Crippen LogP contribution is -2.14. The Kier molecular flexibility index (Phi) is 3.92. The summed E-state index contributed by atoms with van der Waals surface area (Å²) in [5.41, 5.74) is 0.503. The van der Waals surface area contributed by atoms with Gasteiger partial charge >= 0.3 is 0 Å². The van der Waals surface area contributed by atoms with Gasteiger partial charge in [0.2, 0.25) is 0 Å². The van der Waals surface area contributed by atoms with E-state index in [9.17, 15) is 9.50 Å². The average Bonchev–Trinajstić information content (AvgIpc) is 2.12. The molecule has 1 aromatic carbocycles. The maximum atomic E-state index is 12.8. The predicted molar refractivity (Wildman–Crippen MR) is 54.8 cm³/mol. The smallest absolute Gasteiger partial charge is 0.165 e. The molecular formula is C10H11ClFNO. The molecule has 76 valence electrons. The topological polar surface area (TPSA) is 32.3 Å². The fourth-order valence-corrected chi connectivity index (χ4v) is 1.13. The van der Waals surface area contributed by atoms with E-state index < -0.39 is 5.82 Å². The first-order valence-electron chi connectivity index (χ1n) is 4.11. The highest BCUT2D eigenvalue weighted by Gasteiger charge is 2.05. The Morgan fingerprint density at radius 1 is 1.57 bits per heavy atom. The molecule has 1 aromatic rings. The Morgan fingerprint density at radius 3 is 2.93 bits per heavy atom. The van der Waals surface area contributed by atoms with Crippen LogP contribution in [0.5, 0.6) is 5.75 Å². The van der Waals surface area contributed by atoms with Crippen LogP contribution in [-0.2, 0) is 6.54 Å². The van der Waals surface area contributed by atoms with Crippen molar-refractivity contribution in [2.45, 2.75) is 6.54 Å². The van der Waals surface area contributed by atoms with Gasteiger partial charge < -0.3 is 10.4 Å². The highest BCUT2D eigenvalue weighted by molar-refractivity contribution is 6.29. The summed E-state index contributed by atoms with van der Waals surface area (Å²) in [6, 6.07) is 4.39. The molecule has 2 N–H and O–H groups in total. The molecule has 0 amide bonds. The lowest BCUT2D eigenvalue weighted by atomic mass is 10.2. The van der Waals surface area contributed by atoms with E-state index in [1.807, 2.05) is 0 Å². The van der Waals surface area contributed by atoms with Crippen LogP contribution in [0.1, 0.15) is 5.56 Å². The zero-order chi connectivity index (χ0) is 10.6. The molecule has 1 rings (SSSR count). The van der Waals surface area contributed by atoms with Gasteiger partial charge in [-0.2, -0.15) is 0 Å². The third kappa shape index (κ3) is 3.01. The van der Waals surface area contributed by atoms with Crippen LogP contribution in [0.4, 0.5) is 4.39 Å². The van der Waals surface area contributed by atoms with Crippen molar-refractivity contribution in [3.8, 4) is 5.75 Å². The molecule has 0 fully saturated rings. The molecule has 0 aliphatic heterocycles. The molecule has 4 heteroatoms. The zero-order valence-corrected chi connectivity index (χ0v) is 8.31. The SMILES string of the molecule is C=C(Cl)CNCc1cccc(F)c1O. The molecular weight excluding hydrogens is 205 g/mol. The van der Waals surface area contributed by atoms with Gasteiger partial charge in [0.25, 0.3) is 0 Å². The van der Waals surface area contributed by atoms with Crippen molar-refractivity contribution in [2.75, 3.05) is 6.54 Å². The lowest BCUT2D eigenvalue weighted by Gasteiger charge is -2.06. The monoisotopic (exact) mass is 215 g/mol. The molecule has 0 radical (unpaired) electrons. The van der Waals surface area contributed by atoms with Crippen LogP contribution < -0.4 is 5.32 Å². The minimum absolute atomic E-state index is 0.319. The second-order valence-electron chi connectivity index (χ2n) is 2.87. The number of phenolic OH excluding ortho intramolecular Hbond substituents is 1. The Morgan fingerprint density at radius 2 is 2.29 bits per heavy atom. The minimum atomic E-state index is -0.617. The van der Waals surface area contributed by atoms with Crippen molar-refractivity contribution >= 4 is 11.6 Å². The van der Waals surface area contributed by atoms with E-state index in [0.717, 1.165) is 0 Å². The van der Waals surface area contributed by atoms with Crippen LogP contribution in [0.25, 0.3) is 0 Å². The van der Waals surface area contributed by atoms with Gasteiger partial charge in [0.05, 0.1) is 0 Å². The number of hydrogen-bond acceptors (Lipinski definition) is 2. The van der Waals surface area contributed by atoms with E-state index in [1.54, 1.807) is 12.1 Å². The van der Waals surface area contributed by atoms with Crippen LogP contribution in [0, 0.1) is 5.82 Å². The Labute approximate surface area is 87.0 Å². The van der Waals surface area contributed by atoms with Gasteiger partial charge in [0, 0.05) is 23.7 Å². The van der Waals surface area contributed by atoms with E-state index in [-0.39, 0.29) is 5.75 Å². The third-order valence-electron chi connectivity index (χ3n) is 1.70. The second-order valence-corrected chi connectivity index (χ2v) is 3.40. The Hall–Kier alpha value is -1.06. The number of benzene rings is 1. The molecule has 0 aliphatic carbocycles. The van der Waals surface area contributed by atoms with Crippen molar-refractivity contribution in [1.82, 2.24) is 5.32 Å². The molecule has 0 spiro atoms. The molecule has 0 atom stereocenters. The number of halogens is 2. The van der Waals surface area contributed by atoms with Crippen LogP contribution in [0.2, 0.25) is 0 Å². The van der Waals surface area contributed by atoms with E-state index in [0.29, 0.717) is 23.7 Å². The quantitative estimate of drug-likeness (QED) is 0.808. The van der Waals surface area contributed by atoms with Gasteiger partial charge in [0.15, 0.2) is 11.6 Å². The van der Waals surface area contributed by atoms with Crippen LogP contribution in [-0.4, -0.2) is 11.7 Å². The van der Waals surface area contributed by atoms with E-state index >= 15 is 0 Å². The van der Waals surface area contributed by atoms with E-state index in [2.05, 4.69) is 11.9 Å². The number of para-hydroxylation sites is 1. The fourth-order valence-electron chi connectivity index (χ4n) is 1.04. The zero-order valence-electron chi connectivity index (χ0n) is 7.56. The first-order valence-corrected chi connectivity index (χ1v) is 4.49. The summed E-state index contributed by atoms with van der Waals surface area (Å²) in [6.07, 6.45) is 0. The largest absolute Gasteiger partial charge is 0.505 e. The van der Waals surface area contributed by atoms with Crippen molar-refractivity contribution < 1.29 is 9.50 Å². The molecule has 0 aromatic heterocycles.